The molecular weight excluding hydrogens is 341 g/mol. The van der Waals surface area contributed by atoms with E-state index in [2.05, 4.69) is 66.2 Å². The fourth-order valence-electron chi connectivity index (χ4n) is 3.25. The third-order valence-electron chi connectivity index (χ3n) is 4.47. The SMILES string of the molecule is Cc1cccc(CSc2cn(Cc3cccc(F)c3)c3ccccc23)c1. The first-order valence-corrected chi connectivity index (χ1v) is 9.68. The van der Waals surface area contributed by atoms with E-state index in [1.165, 1.54) is 33.0 Å². The number of thioether (sulfide) groups is 1. The lowest BCUT2D eigenvalue weighted by molar-refractivity contribution is 0.624. The van der Waals surface area contributed by atoms with Crippen LogP contribution < -0.4 is 0 Å². The maximum absolute atomic E-state index is 13.5. The summed E-state index contributed by atoms with van der Waals surface area (Å²) in [6, 6.07) is 23.9. The first kappa shape index (κ1) is 16.9. The molecule has 4 rings (SSSR count). The Kier molecular flexibility index (Phi) is 4.81. The molecule has 3 aromatic carbocycles. The van der Waals surface area contributed by atoms with Crippen molar-refractivity contribution >= 4 is 22.7 Å². The molecule has 4 aromatic rings. The lowest BCUT2D eigenvalue weighted by atomic mass is 10.2. The van der Waals surface area contributed by atoms with E-state index in [1.807, 2.05) is 17.8 Å². The van der Waals surface area contributed by atoms with Crippen molar-refractivity contribution in [3.8, 4) is 0 Å². The van der Waals surface area contributed by atoms with Gasteiger partial charge >= 0.3 is 0 Å². The summed E-state index contributed by atoms with van der Waals surface area (Å²) >= 11 is 1.85. The van der Waals surface area contributed by atoms with Gasteiger partial charge in [0.25, 0.3) is 0 Å². The van der Waals surface area contributed by atoms with Gasteiger partial charge < -0.3 is 4.57 Å². The molecule has 1 nitrogen and oxygen atoms in total. The molecule has 0 atom stereocenters. The van der Waals surface area contributed by atoms with Gasteiger partial charge in [0, 0.05) is 34.3 Å². The van der Waals surface area contributed by atoms with Crippen LogP contribution in [0, 0.1) is 12.7 Å². The minimum absolute atomic E-state index is 0.187. The Hall–Kier alpha value is -2.52. The van der Waals surface area contributed by atoms with Crippen LogP contribution in [0.15, 0.2) is 83.9 Å². The first-order chi connectivity index (χ1) is 12.7. The smallest absolute Gasteiger partial charge is 0.123 e. The van der Waals surface area contributed by atoms with E-state index in [9.17, 15) is 4.39 Å². The van der Waals surface area contributed by atoms with Crippen LogP contribution >= 0.6 is 11.8 Å². The number of fused-ring (bicyclic) bond motifs is 1. The van der Waals surface area contributed by atoms with Gasteiger partial charge in [0.15, 0.2) is 0 Å². The lowest BCUT2D eigenvalue weighted by Gasteiger charge is -2.05. The number of aromatic nitrogens is 1. The van der Waals surface area contributed by atoms with Crippen LogP contribution in [0.3, 0.4) is 0 Å². The van der Waals surface area contributed by atoms with Crippen LogP contribution in [0.2, 0.25) is 0 Å². The van der Waals surface area contributed by atoms with Gasteiger partial charge in [0.1, 0.15) is 5.82 Å². The van der Waals surface area contributed by atoms with Crippen LogP contribution in [0.5, 0.6) is 0 Å². The summed E-state index contributed by atoms with van der Waals surface area (Å²) in [4.78, 5) is 1.26. The molecule has 0 saturated carbocycles. The zero-order valence-corrected chi connectivity index (χ0v) is 15.5. The summed E-state index contributed by atoms with van der Waals surface area (Å²) in [5.74, 6) is 0.753. The predicted octanol–water partition coefficient (Wildman–Crippen LogP) is 6.43. The number of benzene rings is 3. The van der Waals surface area contributed by atoms with Gasteiger partial charge in [0.05, 0.1) is 0 Å². The fraction of sp³-hybridized carbons (Fsp3) is 0.130. The summed E-state index contributed by atoms with van der Waals surface area (Å²) in [5.41, 5.74) is 4.78. The highest BCUT2D eigenvalue weighted by Gasteiger charge is 2.09. The first-order valence-electron chi connectivity index (χ1n) is 8.70. The van der Waals surface area contributed by atoms with Gasteiger partial charge in [-0.3, -0.25) is 0 Å². The number of para-hydroxylation sites is 1. The molecule has 0 saturated heterocycles. The van der Waals surface area contributed by atoms with E-state index in [1.54, 1.807) is 12.1 Å². The molecule has 0 fully saturated rings. The second-order valence-electron chi connectivity index (χ2n) is 6.55. The molecule has 130 valence electrons. The zero-order chi connectivity index (χ0) is 17.9. The summed E-state index contributed by atoms with van der Waals surface area (Å²) in [5, 5.41) is 1.25. The number of nitrogens with zero attached hydrogens (tertiary/aromatic N) is 1. The second-order valence-corrected chi connectivity index (χ2v) is 7.56. The third kappa shape index (κ3) is 3.68. The molecule has 0 bridgehead atoms. The van der Waals surface area contributed by atoms with Crippen LogP contribution in [0.1, 0.15) is 16.7 Å². The largest absolute Gasteiger partial charge is 0.342 e. The summed E-state index contributed by atoms with van der Waals surface area (Å²) in [6.07, 6.45) is 2.19. The van der Waals surface area contributed by atoms with Crippen LogP contribution in [0.4, 0.5) is 4.39 Å². The van der Waals surface area contributed by atoms with Gasteiger partial charge in [-0.05, 0) is 36.2 Å². The van der Waals surface area contributed by atoms with Crippen molar-refractivity contribution in [2.24, 2.45) is 0 Å². The quantitative estimate of drug-likeness (QED) is 0.371. The Morgan fingerprint density at radius 2 is 1.69 bits per heavy atom. The number of aryl methyl sites for hydroxylation is 1. The topological polar surface area (TPSA) is 4.93 Å². The molecule has 1 aromatic heterocycles. The number of hydrogen-bond acceptors (Lipinski definition) is 1. The Balaban J connectivity index is 1.63. The standard InChI is InChI=1S/C23H20FNS/c1-17-6-4-8-19(12-17)16-26-23-15-25(22-11-3-2-10-21(22)23)14-18-7-5-9-20(24)13-18/h2-13,15H,14,16H2,1H3. The number of halogens is 1. The van der Waals surface area contributed by atoms with E-state index in [0.717, 1.165) is 11.3 Å². The monoisotopic (exact) mass is 361 g/mol. The number of hydrogen-bond donors (Lipinski definition) is 0. The molecular formula is C23H20FNS. The molecule has 0 spiro atoms. The predicted molar refractivity (Wildman–Crippen MR) is 108 cm³/mol. The van der Waals surface area contributed by atoms with Crippen molar-refractivity contribution in [1.29, 1.82) is 0 Å². The van der Waals surface area contributed by atoms with Crippen molar-refractivity contribution in [3.05, 3.63) is 102 Å². The second kappa shape index (κ2) is 7.38. The third-order valence-corrected chi connectivity index (χ3v) is 5.58. The molecule has 26 heavy (non-hydrogen) atoms. The van der Waals surface area contributed by atoms with E-state index in [4.69, 9.17) is 0 Å². The minimum atomic E-state index is -0.187. The summed E-state index contributed by atoms with van der Waals surface area (Å²) < 4.78 is 15.7. The molecule has 0 amide bonds. The van der Waals surface area contributed by atoms with Crippen molar-refractivity contribution in [2.75, 3.05) is 0 Å². The molecule has 0 aliphatic carbocycles. The Bertz CT molecular complexity index is 1050. The summed E-state index contributed by atoms with van der Waals surface area (Å²) in [7, 11) is 0. The van der Waals surface area contributed by atoms with Gasteiger partial charge in [0.2, 0.25) is 0 Å². The Labute approximate surface area is 157 Å². The van der Waals surface area contributed by atoms with Crippen molar-refractivity contribution in [3.63, 3.8) is 0 Å². The van der Waals surface area contributed by atoms with E-state index in [-0.39, 0.29) is 5.82 Å². The average molecular weight is 361 g/mol. The highest BCUT2D eigenvalue weighted by molar-refractivity contribution is 7.98. The van der Waals surface area contributed by atoms with Gasteiger partial charge in [-0.15, -0.1) is 11.8 Å². The zero-order valence-electron chi connectivity index (χ0n) is 14.7. The molecule has 0 radical (unpaired) electrons. The van der Waals surface area contributed by atoms with Crippen LogP contribution in [0.25, 0.3) is 10.9 Å². The molecule has 1 heterocycles. The summed E-state index contributed by atoms with van der Waals surface area (Å²) in [6.45, 7) is 2.79. The fourth-order valence-corrected chi connectivity index (χ4v) is 4.29. The van der Waals surface area contributed by atoms with Crippen LogP contribution in [-0.4, -0.2) is 4.57 Å². The van der Waals surface area contributed by atoms with Gasteiger partial charge in [-0.25, -0.2) is 4.39 Å². The van der Waals surface area contributed by atoms with E-state index >= 15 is 0 Å². The molecule has 3 heteroatoms. The average Bonchev–Trinajstić information content (AvgIpc) is 2.98. The highest BCUT2D eigenvalue weighted by atomic mass is 32.2. The normalized spacial score (nSPS) is 11.2. The van der Waals surface area contributed by atoms with Crippen molar-refractivity contribution in [2.45, 2.75) is 24.1 Å². The van der Waals surface area contributed by atoms with Gasteiger partial charge in [-0.2, -0.15) is 0 Å². The Morgan fingerprint density at radius 3 is 2.54 bits per heavy atom. The van der Waals surface area contributed by atoms with E-state index in [0.29, 0.717) is 6.54 Å². The molecule has 0 aliphatic rings. The van der Waals surface area contributed by atoms with Crippen molar-refractivity contribution < 1.29 is 4.39 Å². The highest BCUT2D eigenvalue weighted by Crippen LogP contribution is 2.32. The van der Waals surface area contributed by atoms with E-state index < -0.39 is 0 Å². The maximum Gasteiger partial charge on any atom is 0.123 e. The Morgan fingerprint density at radius 1 is 0.885 bits per heavy atom. The number of rotatable bonds is 5. The van der Waals surface area contributed by atoms with Gasteiger partial charge in [-0.1, -0.05) is 60.2 Å². The van der Waals surface area contributed by atoms with Crippen LogP contribution in [-0.2, 0) is 12.3 Å². The minimum Gasteiger partial charge on any atom is -0.342 e. The molecule has 0 aliphatic heterocycles. The van der Waals surface area contributed by atoms with Crippen molar-refractivity contribution in [1.82, 2.24) is 4.57 Å². The maximum atomic E-state index is 13.5. The molecule has 0 unspecified atom stereocenters. The lowest BCUT2D eigenvalue weighted by Crippen LogP contribution is -1.98. The molecule has 0 N–H and O–H groups in total.